The van der Waals surface area contributed by atoms with Crippen LogP contribution in [0.25, 0.3) is 0 Å². The Bertz CT molecular complexity index is 698. The van der Waals surface area contributed by atoms with Crippen LogP contribution in [0.2, 0.25) is 0 Å². The first-order valence-corrected chi connectivity index (χ1v) is 9.53. The fraction of sp³-hybridized carbons (Fsp3) is 0.824. The SMILES string of the molecule is COC(=O)C1=CO[C@@H](O[C@@H]2O[C@H](CO)[C@@H](O)[C@H](O)[C@H]2O)[C@@H]2[C@@](C)(O)[C@H](Cl)[C@@H](O)[C@]12O. The number of carbonyl (C=O) groups is 1. The number of aliphatic hydroxyl groups is 7. The largest absolute Gasteiger partial charge is 0.471 e. The number of hydrogen-bond acceptors (Lipinski definition) is 12. The van der Waals surface area contributed by atoms with Crippen molar-refractivity contribution in [2.75, 3.05) is 13.7 Å². The summed E-state index contributed by atoms with van der Waals surface area (Å²) in [5.74, 6) is -2.62. The maximum atomic E-state index is 12.1. The molecule has 30 heavy (non-hydrogen) atoms. The van der Waals surface area contributed by atoms with Crippen LogP contribution in [0.5, 0.6) is 0 Å². The lowest BCUT2D eigenvalue weighted by molar-refractivity contribution is -0.352. The Morgan fingerprint density at radius 2 is 1.80 bits per heavy atom. The lowest BCUT2D eigenvalue weighted by Crippen LogP contribution is -2.63. The summed E-state index contributed by atoms with van der Waals surface area (Å²) in [5, 5.41) is 70.5. The second kappa shape index (κ2) is 8.13. The summed E-state index contributed by atoms with van der Waals surface area (Å²) in [6.07, 6.45) is -10.9. The van der Waals surface area contributed by atoms with Crippen LogP contribution in [0.15, 0.2) is 11.8 Å². The number of carbonyl (C=O) groups excluding carboxylic acids is 1. The predicted molar refractivity (Wildman–Crippen MR) is 94.5 cm³/mol. The molecule has 3 aliphatic rings. The normalized spacial score (nSPS) is 51.0. The summed E-state index contributed by atoms with van der Waals surface area (Å²) >= 11 is 6.12. The molecule has 1 saturated carbocycles. The average Bonchev–Trinajstić information content (AvgIpc) is 2.85. The molecule has 172 valence electrons. The Balaban J connectivity index is 1.96. The zero-order chi connectivity index (χ0) is 22.6. The number of ether oxygens (including phenoxy) is 4. The topological polar surface area (TPSA) is 196 Å². The average molecular weight is 457 g/mol. The van der Waals surface area contributed by atoms with Gasteiger partial charge in [0, 0.05) is 0 Å². The maximum Gasteiger partial charge on any atom is 0.339 e. The summed E-state index contributed by atoms with van der Waals surface area (Å²) < 4.78 is 20.7. The van der Waals surface area contributed by atoms with E-state index in [1.807, 2.05) is 0 Å². The zero-order valence-electron chi connectivity index (χ0n) is 16.0. The highest BCUT2D eigenvalue weighted by Crippen LogP contribution is 2.54. The maximum absolute atomic E-state index is 12.1. The first kappa shape index (κ1) is 23.6. The van der Waals surface area contributed by atoms with Gasteiger partial charge >= 0.3 is 5.97 Å². The van der Waals surface area contributed by atoms with Crippen molar-refractivity contribution in [3.8, 4) is 0 Å². The van der Waals surface area contributed by atoms with E-state index in [9.17, 15) is 40.5 Å². The molecule has 11 atom stereocenters. The molecule has 0 bridgehead atoms. The zero-order valence-corrected chi connectivity index (χ0v) is 16.8. The van der Waals surface area contributed by atoms with E-state index < -0.39 is 83.7 Å². The lowest BCUT2D eigenvalue weighted by Gasteiger charge is -2.46. The third kappa shape index (κ3) is 3.32. The van der Waals surface area contributed by atoms with Gasteiger partial charge in [-0.15, -0.1) is 11.6 Å². The number of methoxy groups -OCH3 is 1. The Morgan fingerprint density at radius 3 is 2.37 bits per heavy atom. The number of esters is 1. The van der Waals surface area contributed by atoms with Gasteiger partial charge in [-0.2, -0.15) is 0 Å². The fourth-order valence-corrected chi connectivity index (χ4v) is 4.53. The smallest absolute Gasteiger partial charge is 0.339 e. The van der Waals surface area contributed by atoms with E-state index >= 15 is 0 Å². The van der Waals surface area contributed by atoms with Crippen LogP contribution < -0.4 is 0 Å². The highest BCUT2D eigenvalue weighted by molar-refractivity contribution is 6.22. The summed E-state index contributed by atoms with van der Waals surface area (Å²) in [7, 11) is 1.04. The van der Waals surface area contributed by atoms with E-state index in [-0.39, 0.29) is 0 Å². The highest BCUT2D eigenvalue weighted by atomic mass is 35.5. The summed E-state index contributed by atoms with van der Waals surface area (Å²) in [5.41, 5.74) is -5.03. The fourth-order valence-electron chi connectivity index (χ4n) is 4.21. The standard InChI is InChI=1S/C17H25ClO12/c1-16(25)10-15(30-14-9(22)8(21)7(20)6(3-19)29-14)28-4-5(13(24)27-2)17(10,26)12(23)11(16)18/h4,6-12,14-15,19-23,25-26H,3H2,1-2H3/t6-,7-,8+,9-,10-,11-,12-,14+,15+,16-,17+/m1/s1. The van der Waals surface area contributed by atoms with Crippen LogP contribution >= 0.6 is 11.6 Å². The van der Waals surface area contributed by atoms with Crippen molar-refractivity contribution in [2.45, 2.75) is 66.6 Å². The van der Waals surface area contributed by atoms with Crippen LogP contribution in [0.3, 0.4) is 0 Å². The monoisotopic (exact) mass is 456 g/mol. The van der Waals surface area contributed by atoms with Crippen molar-refractivity contribution in [2.24, 2.45) is 5.92 Å². The van der Waals surface area contributed by atoms with Gasteiger partial charge in [0.05, 0.1) is 30.6 Å². The third-order valence-electron chi connectivity index (χ3n) is 5.94. The number of alkyl halides is 1. The molecule has 0 amide bonds. The van der Waals surface area contributed by atoms with Crippen LogP contribution in [-0.4, -0.2) is 115 Å². The van der Waals surface area contributed by atoms with E-state index in [0.717, 1.165) is 13.4 Å². The third-order valence-corrected chi connectivity index (χ3v) is 6.62. The van der Waals surface area contributed by atoms with Gasteiger partial charge in [-0.1, -0.05) is 0 Å². The number of aliphatic hydroxyl groups excluding tert-OH is 5. The molecule has 2 heterocycles. The van der Waals surface area contributed by atoms with Gasteiger partial charge in [0.1, 0.15) is 48.0 Å². The molecule has 0 radical (unpaired) electrons. The molecule has 0 aromatic rings. The highest BCUT2D eigenvalue weighted by Gasteiger charge is 2.72. The minimum Gasteiger partial charge on any atom is -0.471 e. The van der Waals surface area contributed by atoms with Crippen molar-refractivity contribution >= 4 is 17.6 Å². The second-order valence-corrected chi connectivity index (χ2v) is 8.21. The minimum atomic E-state index is -2.46. The number of rotatable bonds is 4. The quantitative estimate of drug-likeness (QED) is 0.162. The van der Waals surface area contributed by atoms with Crippen LogP contribution in [0.1, 0.15) is 6.92 Å². The molecule has 2 aliphatic heterocycles. The molecule has 2 fully saturated rings. The molecule has 12 nitrogen and oxygen atoms in total. The van der Waals surface area contributed by atoms with Crippen molar-refractivity contribution in [1.29, 1.82) is 0 Å². The van der Waals surface area contributed by atoms with Crippen LogP contribution in [0, 0.1) is 5.92 Å². The van der Waals surface area contributed by atoms with E-state index in [0.29, 0.717) is 0 Å². The molecule has 3 rings (SSSR count). The van der Waals surface area contributed by atoms with Gasteiger partial charge < -0.3 is 54.7 Å². The Kier molecular flexibility index (Phi) is 6.40. The van der Waals surface area contributed by atoms with Crippen LogP contribution in [0.4, 0.5) is 0 Å². The van der Waals surface area contributed by atoms with E-state index in [4.69, 9.17) is 25.8 Å². The molecule has 1 aliphatic carbocycles. The Morgan fingerprint density at radius 1 is 1.17 bits per heavy atom. The molecule has 7 N–H and O–H groups in total. The molecule has 1 saturated heterocycles. The second-order valence-electron chi connectivity index (χ2n) is 7.74. The Hall–Kier alpha value is -1.06. The number of fused-ring (bicyclic) bond motifs is 1. The first-order chi connectivity index (χ1) is 13.9. The molecular formula is C17H25ClO12. The first-order valence-electron chi connectivity index (χ1n) is 9.10. The molecule has 13 heteroatoms. The minimum absolute atomic E-state index is 0.514. The predicted octanol–water partition coefficient (Wildman–Crippen LogP) is -3.70. The molecule has 0 unspecified atom stereocenters. The molecule has 0 aromatic heterocycles. The summed E-state index contributed by atoms with van der Waals surface area (Å²) in [4.78, 5) is 12.1. The van der Waals surface area contributed by atoms with Gasteiger partial charge in [0.2, 0.25) is 6.29 Å². The molecule has 0 spiro atoms. The molecule has 0 aromatic carbocycles. The number of halogens is 1. The van der Waals surface area contributed by atoms with Crippen molar-refractivity contribution in [1.82, 2.24) is 0 Å². The summed E-state index contributed by atoms with van der Waals surface area (Å²) in [6, 6.07) is 0. The Labute approximate surface area is 175 Å². The van der Waals surface area contributed by atoms with Gasteiger partial charge in [-0.3, -0.25) is 0 Å². The van der Waals surface area contributed by atoms with Crippen LogP contribution in [-0.2, 0) is 23.7 Å². The summed E-state index contributed by atoms with van der Waals surface area (Å²) in [6.45, 7) is 0.472. The molecular weight excluding hydrogens is 432 g/mol. The van der Waals surface area contributed by atoms with Gasteiger partial charge in [-0.25, -0.2) is 4.79 Å². The van der Waals surface area contributed by atoms with Crippen molar-refractivity contribution in [3.05, 3.63) is 11.8 Å². The van der Waals surface area contributed by atoms with E-state index in [1.165, 1.54) is 6.92 Å². The van der Waals surface area contributed by atoms with E-state index in [1.54, 1.807) is 0 Å². The van der Waals surface area contributed by atoms with Crippen molar-refractivity contribution in [3.63, 3.8) is 0 Å². The number of hydrogen-bond donors (Lipinski definition) is 7. The van der Waals surface area contributed by atoms with E-state index in [2.05, 4.69) is 4.74 Å². The van der Waals surface area contributed by atoms with Crippen molar-refractivity contribution < 1.29 is 59.5 Å². The van der Waals surface area contributed by atoms with Gasteiger partial charge in [0.25, 0.3) is 0 Å². The van der Waals surface area contributed by atoms with Gasteiger partial charge in [-0.05, 0) is 6.92 Å². The van der Waals surface area contributed by atoms with Gasteiger partial charge in [0.15, 0.2) is 6.29 Å². The lowest BCUT2D eigenvalue weighted by atomic mass is 9.76.